The average Bonchev–Trinajstić information content (AvgIpc) is 2.46. The molecule has 0 bridgehead atoms. The van der Waals surface area contributed by atoms with Crippen molar-refractivity contribution in [2.75, 3.05) is 0 Å². The summed E-state index contributed by atoms with van der Waals surface area (Å²) in [6, 6.07) is 7.49. The van der Waals surface area contributed by atoms with Crippen LogP contribution in [-0.4, -0.2) is 15.7 Å². The van der Waals surface area contributed by atoms with Crippen molar-refractivity contribution in [3.8, 4) is 0 Å². The van der Waals surface area contributed by atoms with Crippen LogP contribution in [0.2, 0.25) is 5.02 Å². The number of halogens is 1. The molecule has 1 heterocycles. The zero-order valence-electron chi connectivity index (χ0n) is 10.2. The first-order valence-corrected chi connectivity index (χ1v) is 6.02. The Hall–Kier alpha value is -2.53. The van der Waals surface area contributed by atoms with E-state index in [1.54, 1.807) is 30.6 Å². The minimum atomic E-state index is -0.621. The van der Waals surface area contributed by atoms with Gasteiger partial charge < -0.3 is 0 Å². The number of ketones is 1. The zero-order chi connectivity index (χ0) is 14.5. The van der Waals surface area contributed by atoms with E-state index >= 15 is 0 Å². The van der Waals surface area contributed by atoms with Crippen LogP contribution in [0.5, 0.6) is 0 Å². The molecule has 0 saturated heterocycles. The molecule has 0 atom stereocenters. The first-order chi connectivity index (χ1) is 9.58. The second-order valence-corrected chi connectivity index (χ2v) is 4.31. The van der Waals surface area contributed by atoms with E-state index in [9.17, 15) is 14.9 Å². The summed E-state index contributed by atoms with van der Waals surface area (Å²) in [6.45, 7) is 0. The van der Waals surface area contributed by atoms with Crippen LogP contribution in [-0.2, 0) is 0 Å². The topological polar surface area (TPSA) is 73.1 Å². The van der Waals surface area contributed by atoms with E-state index in [0.29, 0.717) is 0 Å². The number of carbonyl (C=O) groups is 1. The van der Waals surface area contributed by atoms with E-state index in [0.717, 1.165) is 11.6 Å². The first kappa shape index (κ1) is 13.9. The van der Waals surface area contributed by atoms with E-state index in [1.807, 2.05) is 0 Å². The molecule has 100 valence electrons. The molecule has 0 unspecified atom stereocenters. The summed E-state index contributed by atoms with van der Waals surface area (Å²) in [4.78, 5) is 26.0. The van der Waals surface area contributed by atoms with Gasteiger partial charge in [-0.3, -0.25) is 19.9 Å². The minimum Gasteiger partial charge on any atom is -0.289 e. The third-order valence-corrected chi connectivity index (χ3v) is 2.86. The van der Waals surface area contributed by atoms with Gasteiger partial charge in [-0.15, -0.1) is 0 Å². The van der Waals surface area contributed by atoms with Crippen LogP contribution >= 0.6 is 11.6 Å². The van der Waals surface area contributed by atoms with Crippen molar-refractivity contribution in [2.24, 2.45) is 0 Å². The predicted octanol–water partition coefficient (Wildman–Crippen LogP) is 3.54. The largest absolute Gasteiger partial charge is 0.289 e. The summed E-state index contributed by atoms with van der Waals surface area (Å²) in [6.07, 6.45) is 6.16. The lowest BCUT2D eigenvalue weighted by atomic mass is 10.1. The third-order valence-electron chi connectivity index (χ3n) is 2.54. The summed E-state index contributed by atoms with van der Waals surface area (Å²) in [5.74, 6) is -0.339. The Bertz CT molecular complexity index is 684. The molecular weight excluding hydrogens is 280 g/mol. The standard InChI is InChI=1S/C14H9ClN2O3/c15-12-5-4-11(8-13(12)17(19)20)14(18)6-3-10-2-1-7-16-9-10/h1-9H/b6-3+. The summed E-state index contributed by atoms with van der Waals surface area (Å²) in [7, 11) is 0. The van der Waals surface area contributed by atoms with Crippen molar-refractivity contribution in [3.05, 3.63) is 75.1 Å². The molecule has 0 fully saturated rings. The Balaban J connectivity index is 2.24. The monoisotopic (exact) mass is 288 g/mol. The molecule has 0 aliphatic carbocycles. The van der Waals surface area contributed by atoms with Crippen LogP contribution < -0.4 is 0 Å². The second-order valence-electron chi connectivity index (χ2n) is 3.91. The average molecular weight is 289 g/mol. The van der Waals surface area contributed by atoms with Gasteiger partial charge in [-0.25, -0.2) is 0 Å². The highest BCUT2D eigenvalue weighted by molar-refractivity contribution is 6.32. The lowest BCUT2D eigenvalue weighted by Gasteiger charge is -1.98. The first-order valence-electron chi connectivity index (χ1n) is 5.64. The molecule has 0 N–H and O–H groups in total. The van der Waals surface area contributed by atoms with Gasteiger partial charge in [0.25, 0.3) is 5.69 Å². The van der Waals surface area contributed by atoms with Crippen LogP contribution in [0.25, 0.3) is 6.08 Å². The minimum absolute atomic E-state index is 0.00258. The molecule has 0 radical (unpaired) electrons. The Labute approximate surface area is 119 Å². The lowest BCUT2D eigenvalue weighted by molar-refractivity contribution is -0.384. The molecule has 0 amide bonds. The van der Waals surface area contributed by atoms with Crippen LogP contribution in [0.4, 0.5) is 5.69 Å². The molecule has 0 saturated carbocycles. The number of nitro groups is 1. The molecule has 2 rings (SSSR count). The fourth-order valence-electron chi connectivity index (χ4n) is 1.55. The normalized spacial score (nSPS) is 10.7. The van der Waals surface area contributed by atoms with Gasteiger partial charge in [0.1, 0.15) is 5.02 Å². The van der Waals surface area contributed by atoms with Gasteiger partial charge >= 0.3 is 0 Å². The van der Waals surface area contributed by atoms with Crippen LogP contribution in [0.1, 0.15) is 15.9 Å². The Kier molecular flexibility index (Phi) is 4.22. The maximum Gasteiger partial charge on any atom is 0.288 e. The van der Waals surface area contributed by atoms with Gasteiger partial charge in [0.2, 0.25) is 0 Å². The quantitative estimate of drug-likeness (QED) is 0.373. The summed E-state index contributed by atoms with van der Waals surface area (Å²) in [5.41, 5.74) is 0.692. The van der Waals surface area contributed by atoms with Crippen LogP contribution in [0.15, 0.2) is 48.8 Å². The number of hydrogen-bond donors (Lipinski definition) is 0. The van der Waals surface area contributed by atoms with Gasteiger partial charge in [-0.05, 0) is 35.9 Å². The van der Waals surface area contributed by atoms with Crippen molar-refractivity contribution < 1.29 is 9.72 Å². The molecular formula is C14H9ClN2O3. The Morgan fingerprint density at radius 3 is 2.80 bits per heavy atom. The molecule has 20 heavy (non-hydrogen) atoms. The van der Waals surface area contributed by atoms with E-state index in [-0.39, 0.29) is 22.1 Å². The van der Waals surface area contributed by atoms with Crippen molar-refractivity contribution in [1.82, 2.24) is 4.98 Å². The maximum atomic E-state index is 11.9. The smallest absolute Gasteiger partial charge is 0.288 e. The Morgan fingerprint density at radius 1 is 1.35 bits per heavy atom. The van der Waals surface area contributed by atoms with Crippen molar-refractivity contribution in [2.45, 2.75) is 0 Å². The number of nitrogens with zero attached hydrogens (tertiary/aromatic N) is 2. The lowest BCUT2D eigenvalue weighted by Crippen LogP contribution is -1.97. The number of rotatable bonds is 4. The summed E-state index contributed by atoms with van der Waals surface area (Å²) >= 11 is 5.69. The predicted molar refractivity (Wildman–Crippen MR) is 75.7 cm³/mol. The molecule has 1 aromatic heterocycles. The van der Waals surface area contributed by atoms with E-state index in [1.165, 1.54) is 18.2 Å². The second kappa shape index (κ2) is 6.08. The third kappa shape index (κ3) is 3.27. The van der Waals surface area contributed by atoms with E-state index in [4.69, 9.17) is 11.6 Å². The molecule has 0 aliphatic rings. The fourth-order valence-corrected chi connectivity index (χ4v) is 1.74. The van der Waals surface area contributed by atoms with E-state index < -0.39 is 4.92 Å². The molecule has 0 aliphatic heterocycles. The van der Waals surface area contributed by atoms with Gasteiger partial charge in [0.15, 0.2) is 5.78 Å². The van der Waals surface area contributed by atoms with Gasteiger partial charge in [-0.2, -0.15) is 0 Å². The van der Waals surface area contributed by atoms with E-state index in [2.05, 4.69) is 4.98 Å². The highest BCUT2D eigenvalue weighted by atomic mass is 35.5. The molecule has 2 aromatic rings. The SMILES string of the molecule is O=C(/C=C/c1cccnc1)c1ccc(Cl)c([N+](=O)[O-])c1. The summed E-state index contributed by atoms with van der Waals surface area (Å²) < 4.78 is 0. The molecule has 6 heteroatoms. The number of benzene rings is 1. The highest BCUT2D eigenvalue weighted by Crippen LogP contribution is 2.25. The molecule has 5 nitrogen and oxygen atoms in total. The molecule has 0 spiro atoms. The highest BCUT2D eigenvalue weighted by Gasteiger charge is 2.14. The number of nitro benzene ring substituents is 1. The fraction of sp³-hybridized carbons (Fsp3) is 0. The van der Waals surface area contributed by atoms with Crippen molar-refractivity contribution in [3.63, 3.8) is 0 Å². The Morgan fingerprint density at radius 2 is 2.15 bits per heavy atom. The van der Waals surface area contributed by atoms with Crippen LogP contribution in [0.3, 0.4) is 0 Å². The molecule has 1 aromatic carbocycles. The maximum absolute atomic E-state index is 11.9. The zero-order valence-corrected chi connectivity index (χ0v) is 10.9. The number of allylic oxidation sites excluding steroid dienone is 1. The van der Waals surface area contributed by atoms with Gasteiger partial charge in [0.05, 0.1) is 4.92 Å². The van der Waals surface area contributed by atoms with Crippen molar-refractivity contribution in [1.29, 1.82) is 0 Å². The van der Waals surface area contributed by atoms with Gasteiger partial charge in [0, 0.05) is 24.0 Å². The number of carbonyl (C=O) groups excluding carboxylic acids is 1. The number of hydrogen-bond acceptors (Lipinski definition) is 4. The van der Waals surface area contributed by atoms with Gasteiger partial charge in [-0.1, -0.05) is 17.7 Å². The summed E-state index contributed by atoms with van der Waals surface area (Å²) in [5, 5.41) is 10.8. The number of pyridine rings is 1. The van der Waals surface area contributed by atoms with Crippen LogP contribution in [0, 0.1) is 10.1 Å². The number of aromatic nitrogens is 1. The van der Waals surface area contributed by atoms with Crippen molar-refractivity contribution >= 4 is 29.1 Å².